The summed E-state index contributed by atoms with van der Waals surface area (Å²) in [6.07, 6.45) is 2.86. The molecule has 0 saturated carbocycles. The van der Waals surface area contributed by atoms with E-state index in [0.29, 0.717) is 12.3 Å². The van der Waals surface area contributed by atoms with E-state index in [9.17, 15) is 9.59 Å². The summed E-state index contributed by atoms with van der Waals surface area (Å²) in [5.41, 5.74) is 0.00827. The van der Waals surface area contributed by atoms with Crippen LogP contribution < -0.4 is 10.3 Å². The zero-order chi connectivity index (χ0) is 13.7. The number of carbonyl (C=O) groups is 1. The second kappa shape index (κ2) is 5.81. The smallest absolute Gasteiger partial charge is 0.335 e. The van der Waals surface area contributed by atoms with Crippen LogP contribution in [0.3, 0.4) is 0 Å². The van der Waals surface area contributed by atoms with Crippen LogP contribution in [-0.2, 0) is 6.54 Å². The van der Waals surface area contributed by atoms with Crippen LogP contribution in [-0.4, -0.2) is 27.2 Å². The van der Waals surface area contributed by atoms with E-state index in [0.717, 1.165) is 0 Å². The van der Waals surface area contributed by atoms with Gasteiger partial charge in [-0.15, -0.1) is 0 Å². The summed E-state index contributed by atoms with van der Waals surface area (Å²) >= 11 is 0. The highest BCUT2D eigenvalue weighted by Crippen LogP contribution is 2.13. The summed E-state index contributed by atoms with van der Waals surface area (Å²) in [4.78, 5) is 26.0. The first-order valence-electron chi connectivity index (χ1n) is 5.63. The predicted octanol–water partition coefficient (Wildman–Crippen LogP) is 1.02. The first-order chi connectivity index (χ1) is 9.16. The standard InChI is InChI=1S/C13H12N2O4/c16-12-4-5-14-9-15(12)6-7-19-11-3-1-2-10(8-11)13(17)18/h1-5,8-9H,6-7H2,(H,17,18). The lowest BCUT2D eigenvalue weighted by Crippen LogP contribution is -2.22. The van der Waals surface area contributed by atoms with E-state index in [2.05, 4.69) is 4.98 Å². The minimum absolute atomic E-state index is 0.155. The molecule has 0 aliphatic carbocycles. The van der Waals surface area contributed by atoms with Gasteiger partial charge in [-0.3, -0.25) is 9.36 Å². The molecule has 0 fully saturated rings. The average molecular weight is 260 g/mol. The van der Waals surface area contributed by atoms with Crippen molar-refractivity contribution < 1.29 is 14.6 Å². The van der Waals surface area contributed by atoms with Crippen molar-refractivity contribution in [2.45, 2.75) is 6.54 Å². The zero-order valence-corrected chi connectivity index (χ0v) is 10.0. The first kappa shape index (κ1) is 12.8. The molecule has 0 radical (unpaired) electrons. The number of rotatable bonds is 5. The quantitative estimate of drug-likeness (QED) is 0.868. The molecule has 0 amide bonds. The maximum atomic E-state index is 11.4. The summed E-state index contributed by atoms with van der Waals surface area (Å²) in [5, 5.41) is 8.84. The summed E-state index contributed by atoms with van der Waals surface area (Å²) in [7, 11) is 0. The van der Waals surface area contributed by atoms with Gasteiger partial charge < -0.3 is 9.84 Å². The van der Waals surface area contributed by atoms with Gasteiger partial charge in [0, 0.05) is 12.3 Å². The predicted molar refractivity (Wildman–Crippen MR) is 67.4 cm³/mol. The van der Waals surface area contributed by atoms with Crippen molar-refractivity contribution in [3.05, 3.63) is 58.8 Å². The van der Waals surface area contributed by atoms with Gasteiger partial charge in [0.25, 0.3) is 5.56 Å². The molecule has 1 heterocycles. The van der Waals surface area contributed by atoms with Crippen molar-refractivity contribution >= 4 is 5.97 Å². The lowest BCUT2D eigenvalue weighted by molar-refractivity contribution is 0.0696. The van der Waals surface area contributed by atoms with Gasteiger partial charge in [-0.05, 0) is 18.2 Å². The van der Waals surface area contributed by atoms with Crippen LogP contribution in [0.1, 0.15) is 10.4 Å². The summed E-state index contributed by atoms with van der Waals surface area (Å²) in [6, 6.07) is 7.56. The Hall–Kier alpha value is -2.63. The number of carboxylic acids is 1. The van der Waals surface area contributed by atoms with Gasteiger partial charge >= 0.3 is 5.97 Å². The Labute approximate surface area is 108 Å². The maximum absolute atomic E-state index is 11.4. The highest BCUT2D eigenvalue weighted by atomic mass is 16.5. The van der Waals surface area contributed by atoms with Crippen LogP contribution in [0, 0.1) is 0 Å². The van der Waals surface area contributed by atoms with Crippen molar-refractivity contribution in [1.29, 1.82) is 0 Å². The van der Waals surface area contributed by atoms with Gasteiger partial charge in [-0.2, -0.15) is 0 Å². The lowest BCUT2D eigenvalue weighted by atomic mass is 10.2. The van der Waals surface area contributed by atoms with Crippen LogP contribution in [0.15, 0.2) is 47.7 Å². The van der Waals surface area contributed by atoms with E-state index < -0.39 is 5.97 Å². The Morgan fingerprint density at radius 3 is 2.95 bits per heavy atom. The molecule has 19 heavy (non-hydrogen) atoms. The lowest BCUT2D eigenvalue weighted by Gasteiger charge is -2.08. The van der Waals surface area contributed by atoms with E-state index >= 15 is 0 Å². The van der Waals surface area contributed by atoms with Crippen LogP contribution in [0.5, 0.6) is 5.75 Å². The van der Waals surface area contributed by atoms with Crippen LogP contribution in [0.25, 0.3) is 0 Å². The molecule has 98 valence electrons. The van der Waals surface area contributed by atoms with Crippen LogP contribution in [0.4, 0.5) is 0 Å². The van der Waals surface area contributed by atoms with Crippen molar-refractivity contribution in [1.82, 2.24) is 9.55 Å². The third kappa shape index (κ3) is 3.41. The third-order valence-corrected chi connectivity index (χ3v) is 2.47. The number of benzene rings is 1. The fourth-order valence-electron chi connectivity index (χ4n) is 1.53. The Morgan fingerprint density at radius 1 is 1.37 bits per heavy atom. The number of hydrogen-bond acceptors (Lipinski definition) is 4. The second-order valence-corrected chi connectivity index (χ2v) is 3.79. The van der Waals surface area contributed by atoms with Crippen LogP contribution >= 0.6 is 0 Å². The summed E-state index contributed by atoms with van der Waals surface area (Å²) in [6.45, 7) is 0.610. The maximum Gasteiger partial charge on any atom is 0.335 e. The molecule has 6 heteroatoms. The summed E-state index contributed by atoms with van der Waals surface area (Å²) < 4.78 is 6.82. The summed E-state index contributed by atoms with van der Waals surface area (Å²) in [5.74, 6) is -0.550. The molecular formula is C13H12N2O4. The molecule has 1 N–H and O–H groups in total. The third-order valence-electron chi connectivity index (χ3n) is 2.47. The van der Waals surface area contributed by atoms with E-state index in [1.165, 1.54) is 35.3 Å². The topological polar surface area (TPSA) is 81.4 Å². The minimum atomic E-state index is -1.01. The Kier molecular flexibility index (Phi) is 3.92. The molecule has 2 aromatic rings. The molecular weight excluding hydrogens is 248 g/mol. The van der Waals surface area contributed by atoms with Gasteiger partial charge in [-0.25, -0.2) is 9.78 Å². The van der Waals surface area contributed by atoms with Crippen molar-refractivity contribution in [3.63, 3.8) is 0 Å². The zero-order valence-electron chi connectivity index (χ0n) is 10.0. The fourth-order valence-corrected chi connectivity index (χ4v) is 1.53. The van der Waals surface area contributed by atoms with E-state index in [1.54, 1.807) is 12.1 Å². The molecule has 2 rings (SSSR count). The van der Waals surface area contributed by atoms with E-state index in [-0.39, 0.29) is 17.7 Å². The number of carboxylic acid groups (broad SMARTS) is 1. The van der Waals surface area contributed by atoms with Gasteiger partial charge in [0.2, 0.25) is 0 Å². The normalized spacial score (nSPS) is 10.1. The number of aromatic carboxylic acids is 1. The Morgan fingerprint density at radius 2 is 2.21 bits per heavy atom. The fraction of sp³-hybridized carbons (Fsp3) is 0.154. The Balaban J connectivity index is 1.96. The Bertz CT molecular complexity index is 636. The first-order valence-corrected chi connectivity index (χ1v) is 5.63. The van der Waals surface area contributed by atoms with E-state index in [4.69, 9.17) is 9.84 Å². The number of aromatic nitrogens is 2. The average Bonchev–Trinajstić information content (AvgIpc) is 2.41. The molecule has 0 aliphatic rings. The monoisotopic (exact) mass is 260 g/mol. The molecule has 0 unspecified atom stereocenters. The number of nitrogens with zero attached hydrogens (tertiary/aromatic N) is 2. The van der Waals surface area contributed by atoms with Gasteiger partial charge in [0.1, 0.15) is 12.4 Å². The van der Waals surface area contributed by atoms with Gasteiger partial charge in [-0.1, -0.05) is 6.07 Å². The van der Waals surface area contributed by atoms with Crippen LogP contribution in [0.2, 0.25) is 0 Å². The second-order valence-electron chi connectivity index (χ2n) is 3.79. The van der Waals surface area contributed by atoms with E-state index in [1.807, 2.05) is 0 Å². The highest BCUT2D eigenvalue weighted by Gasteiger charge is 2.03. The van der Waals surface area contributed by atoms with Gasteiger partial charge in [0.15, 0.2) is 0 Å². The molecule has 0 aliphatic heterocycles. The number of hydrogen-bond donors (Lipinski definition) is 1. The van der Waals surface area contributed by atoms with Gasteiger partial charge in [0.05, 0.1) is 18.4 Å². The molecule has 0 spiro atoms. The highest BCUT2D eigenvalue weighted by molar-refractivity contribution is 5.87. The van der Waals surface area contributed by atoms with Crippen molar-refractivity contribution in [3.8, 4) is 5.75 Å². The van der Waals surface area contributed by atoms with Crippen molar-refractivity contribution in [2.24, 2.45) is 0 Å². The molecule has 0 bridgehead atoms. The molecule has 1 aromatic heterocycles. The molecule has 6 nitrogen and oxygen atoms in total. The molecule has 0 saturated heterocycles. The molecule has 1 aromatic carbocycles. The largest absolute Gasteiger partial charge is 0.492 e. The minimum Gasteiger partial charge on any atom is -0.492 e. The molecule has 0 atom stereocenters. The number of ether oxygens (including phenoxy) is 1. The van der Waals surface area contributed by atoms with Crippen molar-refractivity contribution in [2.75, 3.05) is 6.61 Å². The SMILES string of the molecule is O=C(O)c1cccc(OCCn2cnccc2=O)c1.